The average Bonchev–Trinajstić information content (AvgIpc) is 2.26. The zero-order valence-electron chi connectivity index (χ0n) is 9.98. The van der Waals surface area contributed by atoms with Gasteiger partial charge in [-0.25, -0.2) is 0 Å². The quantitative estimate of drug-likeness (QED) is 0.692. The molecule has 2 atom stereocenters. The third-order valence-corrected chi connectivity index (χ3v) is 2.49. The summed E-state index contributed by atoms with van der Waals surface area (Å²) in [6.07, 6.45) is 2.77. The summed E-state index contributed by atoms with van der Waals surface area (Å²) in [6.45, 7) is 1.92. The molecule has 1 rings (SSSR count). The highest BCUT2D eigenvalue weighted by molar-refractivity contribution is 5.20. The molecule has 0 heterocycles. The van der Waals surface area contributed by atoms with E-state index in [1.807, 2.05) is 38.2 Å². The van der Waals surface area contributed by atoms with Crippen molar-refractivity contribution < 1.29 is 0 Å². The summed E-state index contributed by atoms with van der Waals surface area (Å²) in [5.41, 5.74) is 13.8. The normalized spacial score (nSPS) is 15.8. The summed E-state index contributed by atoms with van der Waals surface area (Å²) in [6, 6.07) is 10.4. The summed E-state index contributed by atoms with van der Waals surface area (Å²) in [5.74, 6) is 0. The van der Waals surface area contributed by atoms with Crippen molar-refractivity contribution >= 4 is 0 Å². The van der Waals surface area contributed by atoms with Gasteiger partial charge in [-0.05, 0) is 32.0 Å². The zero-order valence-corrected chi connectivity index (χ0v) is 9.98. The number of rotatable bonds is 5. The molecule has 3 heteroatoms. The van der Waals surface area contributed by atoms with Gasteiger partial charge in [-0.3, -0.25) is 0 Å². The fraction of sp³-hybridized carbons (Fsp3) is 0.385. The lowest BCUT2D eigenvalue weighted by Gasteiger charge is -2.17. The molecule has 0 fully saturated rings. The Kier molecular flexibility index (Phi) is 5.02. The lowest BCUT2D eigenvalue weighted by molar-refractivity contribution is 0.621. The van der Waals surface area contributed by atoms with Crippen molar-refractivity contribution in [2.24, 2.45) is 11.5 Å². The fourth-order valence-electron chi connectivity index (χ4n) is 1.66. The SMILES string of the molecule is CNC(Cc1ccccc1)/C(N)=C/C(C)N. The van der Waals surface area contributed by atoms with E-state index in [0.29, 0.717) is 0 Å². The molecule has 0 saturated carbocycles. The highest BCUT2D eigenvalue weighted by Crippen LogP contribution is 2.07. The molecule has 1 aromatic rings. The van der Waals surface area contributed by atoms with Crippen LogP contribution in [0, 0.1) is 0 Å². The van der Waals surface area contributed by atoms with Gasteiger partial charge in [-0.15, -0.1) is 0 Å². The van der Waals surface area contributed by atoms with Crippen molar-refractivity contribution in [3.63, 3.8) is 0 Å². The van der Waals surface area contributed by atoms with Gasteiger partial charge in [0, 0.05) is 11.7 Å². The van der Waals surface area contributed by atoms with Gasteiger partial charge in [0.2, 0.25) is 0 Å². The molecule has 88 valence electrons. The van der Waals surface area contributed by atoms with Crippen LogP contribution in [0.15, 0.2) is 42.1 Å². The van der Waals surface area contributed by atoms with Crippen LogP contribution in [0.1, 0.15) is 12.5 Å². The topological polar surface area (TPSA) is 64.1 Å². The number of nitrogens with one attached hydrogen (secondary N) is 1. The number of hydrogen-bond donors (Lipinski definition) is 3. The summed E-state index contributed by atoms with van der Waals surface area (Å²) in [7, 11) is 1.91. The van der Waals surface area contributed by atoms with Crippen molar-refractivity contribution in [3.05, 3.63) is 47.7 Å². The summed E-state index contributed by atoms with van der Waals surface area (Å²) >= 11 is 0. The first-order valence-corrected chi connectivity index (χ1v) is 5.57. The van der Waals surface area contributed by atoms with E-state index in [4.69, 9.17) is 11.5 Å². The molecule has 0 spiro atoms. The fourth-order valence-corrected chi connectivity index (χ4v) is 1.66. The van der Waals surface area contributed by atoms with E-state index in [-0.39, 0.29) is 12.1 Å². The molecule has 5 N–H and O–H groups in total. The molecule has 0 aromatic heterocycles. The van der Waals surface area contributed by atoms with E-state index >= 15 is 0 Å². The minimum Gasteiger partial charge on any atom is -0.401 e. The smallest absolute Gasteiger partial charge is 0.0503 e. The maximum Gasteiger partial charge on any atom is 0.0503 e. The molecule has 0 aliphatic heterocycles. The average molecular weight is 219 g/mol. The molecule has 0 radical (unpaired) electrons. The van der Waals surface area contributed by atoms with E-state index in [9.17, 15) is 0 Å². The van der Waals surface area contributed by atoms with Crippen molar-refractivity contribution in [1.29, 1.82) is 0 Å². The molecule has 2 unspecified atom stereocenters. The molecule has 0 bridgehead atoms. The van der Waals surface area contributed by atoms with Gasteiger partial charge in [0.25, 0.3) is 0 Å². The van der Waals surface area contributed by atoms with Gasteiger partial charge in [-0.1, -0.05) is 30.3 Å². The van der Waals surface area contributed by atoms with Crippen LogP contribution in [0.4, 0.5) is 0 Å². The summed E-state index contributed by atoms with van der Waals surface area (Å²) in [5, 5.41) is 3.21. The highest BCUT2D eigenvalue weighted by Gasteiger charge is 2.10. The predicted molar refractivity (Wildman–Crippen MR) is 68.9 cm³/mol. The summed E-state index contributed by atoms with van der Waals surface area (Å²) in [4.78, 5) is 0. The van der Waals surface area contributed by atoms with E-state index in [0.717, 1.165) is 12.1 Å². The first kappa shape index (κ1) is 12.7. The third-order valence-electron chi connectivity index (χ3n) is 2.49. The van der Waals surface area contributed by atoms with Crippen LogP contribution in [-0.4, -0.2) is 19.1 Å². The molecule has 3 nitrogen and oxygen atoms in total. The Labute approximate surface area is 97.5 Å². The Morgan fingerprint density at radius 2 is 2.00 bits per heavy atom. The summed E-state index contributed by atoms with van der Waals surface area (Å²) < 4.78 is 0. The van der Waals surface area contributed by atoms with E-state index in [1.54, 1.807) is 0 Å². The standard InChI is InChI=1S/C13H21N3/c1-10(14)8-12(15)13(16-2)9-11-6-4-3-5-7-11/h3-8,10,13,16H,9,14-15H2,1-2H3/b12-8-. The van der Waals surface area contributed by atoms with Gasteiger partial charge >= 0.3 is 0 Å². The molecule has 1 aromatic carbocycles. The Hall–Kier alpha value is -1.32. The zero-order chi connectivity index (χ0) is 12.0. The van der Waals surface area contributed by atoms with E-state index in [2.05, 4.69) is 17.4 Å². The molecule has 0 saturated heterocycles. The lowest BCUT2D eigenvalue weighted by atomic mass is 10.0. The van der Waals surface area contributed by atoms with Crippen LogP contribution in [0.5, 0.6) is 0 Å². The van der Waals surface area contributed by atoms with Gasteiger partial charge in [-0.2, -0.15) is 0 Å². The van der Waals surface area contributed by atoms with Gasteiger partial charge in [0.15, 0.2) is 0 Å². The first-order valence-electron chi connectivity index (χ1n) is 5.57. The Balaban J connectivity index is 2.69. The van der Waals surface area contributed by atoms with Crippen LogP contribution < -0.4 is 16.8 Å². The molecule has 16 heavy (non-hydrogen) atoms. The van der Waals surface area contributed by atoms with Crippen molar-refractivity contribution in [2.75, 3.05) is 7.05 Å². The van der Waals surface area contributed by atoms with Crippen LogP contribution in [0.2, 0.25) is 0 Å². The molecule has 0 aliphatic carbocycles. The predicted octanol–water partition coefficient (Wildman–Crippen LogP) is 1.01. The van der Waals surface area contributed by atoms with Crippen LogP contribution in [0.3, 0.4) is 0 Å². The maximum absolute atomic E-state index is 6.00. The van der Waals surface area contributed by atoms with Crippen LogP contribution in [0.25, 0.3) is 0 Å². The molecule has 0 aliphatic rings. The minimum atomic E-state index is -0.00776. The van der Waals surface area contributed by atoms with Crippen LogP contribution >= 0.6 is 0 Å². The number of likely N-dealkylation sites (N-methyl/N-ethyl adjacent to an activating group) is 1. The highest BCUT2D eigenvalue weighted by atomic mass is 14.9. The number of nitrogens with two attached hydrogens (primary N) is 2. The van der Waals surface area contributed by atoms with Gasteiger partial charge in [0.05, 0.1) is 6.04 Å². The second-order valence-corrected chi connectivity index (χ2v) is 4.06. The van der Waals surface area contributed by atoms with Gasteiger partial charge < -0.3 is 16.8 Å². The van der Waals surface area contributed by atoms with Gasteiger partial charge in [0.1, 0.15) is 0 Å². The first-order chi connectivity index (χ1) is 7.63. The van der Waals surface area contributed by atoms with Crippen molar-refractivity contribution in [2.45, 2.75) is 25.4 Å². The monoisotopic (exact) mass is 219 g/mol. The second-order valence-electron chi connectivity index (χ2n) is 4.06. The lowest BCUT2D eigenvalue weighted by Crippen LogP contribution is -2.34. The maximum atomic E-state index is 6.00. The van der Waals surface area contributed by atoms with Crippen LogP contribution in [-0.2, 0) is 6.42 Å². The Morgan fingerprint density at radius 1 is 1.38 bits per heavy atom. The Bertz CT molecular complexity index is 330. The second kappa shape index (κ2) is 6.30. The number of hydrogen-bond acceptors (Lipinski definition) is 3. The minimum absolute atomic E-state index is 0.00776. The number of benzene rings is 1. The Morgan fingerprint density at radius 3 is 2.50 bits per heavy atom. The largest absolute Gasteiger partial charge is 0.401 e. The third kappa shape index (κ3) is 4.04. The van der Waals surface area contributed by atoms with Crippen molar-refractivity contribution in [1.82, 2.24) is 5.32 Å². The van der Waals surface area contributed by atoms with E-state index < -0.39 is 0 Å². The molecular formula is C13H21N3. The van der Waals surface area contributed by atoms with Crippen molar-refractivity contribution in [3.8, 4) is 0 Å². The van der Waals surface area contributed by atoms with E-state index in [1.165, 1.54) is 5.56 Å². The molecule has 0 amide bonds. The molecular weight excluding hydrogens is 198 g/mol.